The topological polar surface area (TPSA) is 66.4 Å². The Kier molecular flexibility index (Phi) is 20.1. The number of hydrogen-bond acceptors (Lipinski definition) is 6. The van der Waals surface area contributed by atoms with Crippen LogP contribution in [0.4, 0.5) is 0 Å². The van der Waals surface area contributed by atoms with Gasteiger partial charge in [0.05, 0.1) is 46.2 Å². The van der Waals surface area contributed by atoms with Gasteiger partial charge in [-0.3, -0.25) is 0 Å². The lowest BCUT2D eigenvalue weighted by atomic mass is 10.1. The molecule has 0 spiro atoms. The first-order chi connectivity index (χ1) is 20.6. The highest BCUT2D eigenvalue weighted by Gasteiger charge is 2.26. The van der Waals surface area contributed by atoms with Crippen LogP contribution in [-0.2, 0) is 20.8 Å². The molecule has 1 heterocycles. The van der Waals surface area contributed by atoms with Crippen molar-refractivity contribution in [1.82, 2.24) is 0 Å². The average Bonchev–Trinajstić information content (AvgIpc) is 3.51. The summed E-state index contributed by atoms with van der Waals surface area (Å²) < 4.78 is 27.8. The number of ether oxygens (including phenoxy) is 5. The summed E-state index contributed by atoms with van der Waals surface area (Å²) in [7, 11) is 3.34. The third kappa shape index (κ3) is 15.4. The van der Waals surface area contributed by atoms with Crippen molar-refractivity contribution in [1.29, 1.82) is 0 Å². The minimum Gasteiger partial charge on any atom is -0.497 e. The first-order valence-electron chi connectivity index (χ1n) is 16.4. The fraction of sp³-hybridized carbons (Fsp3) is 0.667. The minimum absolute atomic E-state index is 0.0433. The molecule has 6 nitrogen and oxygen atoms in total. The molecule has 0 bridgehead atoms. The molecule has 238 valence electrons. The summed E-state index contributed by atoms with van der Waals surface area (Å²) in [5.41, 5.74) is 2.18. The van der Waals surface area contributed by atoms with E-state index in [1.807, 2.05) is 48.5 Å². The number of rotatable bonds is 21. The van der Waals surface area contributed by atoms with Crippen LogP contribution in [-0.4, -0.2) is 44.7 Å². The van der Waals surface area contributed by atoms with Gasteiger partial charge in [-0.15, -0.1) is 0 Å². The van der Waals surface area contributed by atoms with Crippen molar-refractivity contribution in [2.45, 2.75) is 129 Å². The van der Waals surface area contributed by atoms with Crippen molar-refractivity contribution in [3.63, 3.8) is 0 Å². The largest absolute Gasteiger partial charge is 0.497 e. The zero-order chi connectivity index (χ0) is 30.3. The van der Waals surface area contributed by atoms with E-state index >= 15 is 0 Å². The summed E-state index contributed by atoms with van der Waals surface area (Å²) in [5, 5.41) is 9.38. The number of aliphatic hydroxyl groups is 1. The zero-order valence-corrected chi connectivity index (χ0v) is 26.9. The first-order valence-corrected chi connectivity index (χ1v) is 16.4. The highest BCUT2D eigenvalue weighted by Crippen LogP contribution is 2.30. The van der Waals surface area contributed by atoms with E-state index < -0.39 is 0 Å². The van der Waals surface area contributed by atoms with Crippen LogP contribution in [0.15, 0.2) is 48.5 Å². The van der Waals surface area contributed by atoms with Gasteiger partial charge >= 0.3 is 0 Å². The van der Waals surface area contributed by atoms with Gasteiger partial charge in [0.1, 0.15) is 11.5 Å². The van der Waals surface area contributed by atoms with Crippen LogP contribution in [0.25, 0.3) is 0 Å². The Hall–Kier alpha value is -2.12. The van der Waals surface area contributed by atoms with Gasteiger partial charge in [0.15, 0.2) is 6.29 Å². The molecule has 3 unspecified atom stereocenters. The quantitative estimate of drug-likeness (QED) is 0.147. The molecular weight excluding hydrogens is 528 g/mol. The Labute approximate surface area is 256 Å². The molecule has 1 aliphatic rings. The normalized spacial score (nSPS) is 17.0. The Bertz CT molecular complexity index is 871. The van der Waals surface area contributed by atoms with Crippen molar-refractivity contribution in [3.05, 3.63) is 59.7 Å². The lowest BCUT2D eigenvalue weighted by molar-refractivity contribution is -0.0614. The Morgan fingerprint density at radius 3 is 1.86 bits per heavy atom. The molecule has 1 saturated heterocycles. The highest BCUT2D eigenvalue weighted by molar-refractivity contribution is 5.28. The maximum absolute atomic E-state index is 9.38. The molecule has 0 aliphatic carbocycles. The Balaban J connectivity index is 0.000000293. The van der Waals surface area contributed by atoms with E-state index in [1.165, 1.54) is 70.6 Å². The van der Waals surface area contributed by atoms with E-state index in [9.17, 15) is 5.11 Å². The molecule has 1 N–H and O–H groups in total. The average molecular weight is 587 g/mol. The van der Waals surface area contributed by atoms with E-state index in [0.29, 0.717) is 13.2 Å². The van der Waals surface area contributed by atoms with E-state index in [0.717, 1.165) is 41.9 Å². The van der Waals surface area contributed by atoms with Crippen molar-refractivity contribution in [3.8, 4) is 11.5 Å². The molecule has 3 rings (SSSR count). The molecule has 0 saturated carbocycles. The lowest BCUT2D eigenvalue weighted by Gasteiger charge is -2.15. The highest BCUT2D eigenvalue weighted by atomic mass is 16.7. The van der Waals surface area contributed by atoms with Gasteiger partial charge in [0, 0.05) is 5.56 Å². The summed E-state index contributed by atoms with van der Waals surface area (Å²) in [6.45, 7) is 5.85. The summed E-state index contributed by atoms with van der Waals surface area (Å²) in [5.74, 6) is 1.71. The summed E-state index contributed by atoms with van der Waals surface area (Å²) in [6, 6.07) is 15.8. The Morgan fingerprint density at radius 1 is 0.738 bits per heavy atom. The number of benzene rings is 2. The number of hydrogen-bond donors (Lipinski definition) is 1. The Morgan fingerprint density at radius 2 is 1.29 bits per heavy atom. The van der Waals surface area contributed by atoms with Gasteiger partial charge < -0.3 is 28.8 Å². The number of aliphatic hydroxyl groups excluding tert-OH is 1. The van der Waals surface area contributed by atoms with Gasteiger partial charge in [0.25, 0.3) is 0 Å². The lowest BCUT2D eigenvalue weighted by Crippen LogP contribution is -2.17. The van der Waals surface area contributed by atoms with Gasteiger partial charge in [-0.25, -0.2) is 0 Å². The van der Waals surface area contributed by atoms with E-state index in [2.05, 4.69) is 13.8 Å². The van der Waals surface area contributed by atoms with Crippen LogP contribution < -0.4 is 9.47 Å². The first kappa shape index (κ1) is 36.1. The fourth-order valence-electron chi connectivity index (χ4n) is 5.00. The van der Waals surface area contributed by atoms with Gasteiger partial charge in [-0.1, -0.05) is 115 Å². The maximum atomic E-state index is 9.38. The monoisotopic (exact) mass is 586 g/mol. The second-order valence-electron chi connectivity index (χ2n) is 11.3. The minimum atomic E-state index is -0.207. The predicted octanol–water partition coefficient (Wildman–Crippen LogP) is 9.18. The van der Waals surface area contributed by atoms with Crippen LogP contribution >= 0.6 is 0 Å². The second kappa shape index (κ2) is 23.3. The second-order valence-corrected chi connectivity index (χ2v) is 11.3. The van der Waals surface area contributed by atoms with Crippen LogP contribution in [0.1, 0.15) is 121 Å². The molecule has 42 heavy (non-hydrogen) atoms. The predicted molar refractivity (Wildman–Crippen MR) is 171 cm³/mol. The zero-order valence-electron chi connectivity index (χ0n) is 26.9. The number of methoxy groups -OCH3 is 2. The molecule has 0 amide bonds. The van der Waals surface area contributed by atoms with Crippen molar-refractivity contribution in [2.75, 3.05) is 27.4 Å². The van der Waals surface area contributed by atoms with Gasteiger partial charge in [-0.05, 0) is 42.7 Å². The van der Waals surface area contributed by atoms with Gasteiger partial charge in [-0.2, -0.15) is 0 Å². The molecule has 1 fully saturated rings. The maximum Gasteiger partial charge on any atom is 0.184 e. The third-order valence-corrected chi connectivity index (χ3v) is 7.75. The molecular formula is C36H58O6. The summed E-state index contributed by atoms with van der Waals surface area (Å²) in [6.07, 6.45) is 17.6. The molecule has 2 aromatic carbocycles. The molecule has 6 heteroatoms. The van der Waals surface area contributed by atoms with E-state index in [-0.39, 0.29) is 25.1 Å². The van der Waals surface area contributed by atoms with Crippen molar-refractivity contribution >= 4 is 0 Å². The van der Waals surface area contributed by atoms with Crippen molar-refractivity contribution < 1.29 is 28.8 Å². The summed E-state index contributed by atoms with van der Waals surface area (Å²) in [4.78, 5) is 0. The molecule has 1 aliphatic heterocycles. The van der Waals surface area contributed by atoms with Gasteiger partial charge in [0.2, 0.25) is 0 Å². The van der Waals surface area contributed by atoms with Crippen LogP contribution in [0.3, 0.4) is 0 Å². The molecule has 2 aromatic rings. The fourth-order valence-corrected chi connectivity index (χ4v) is 5.00. The molecule has 0 aromatic heterocycles. The van der Waals surface area contributed by atoms with Crippen LogP contribution in [0.5, 0.6) is 11.5 Å². The molecule has 3 atom stereocenters. The van der Waals surface area contributed by atoms with Crippen LogP contribution in [0.2, 0.25) is 0 Å². The SMILES string of the molecule is CCCCCCCCC(CO)OCc1ccc(OC)cc1.CCCCCCCCC1COC(c2ccc(OC)cc2)O1. The number of unbranched alkanes of at least 4 members (excludes halogenated alkanes) is 10. The van der Waals surface area contributed by atoms with Crippen molar-refractivity contribution in [2.24, 2.45) is 0 Å². The van der Waals surface area contributed by atoms with Crippen LogP contribution in [0, 0.1) is 0 Å². The van der Waals surface area contributed by atoms with E-state index in [4.69, 9.17) is 23.7 Å². The smallest absolute Gasteiger partial charge is 0.184 e. The third-order valence-electron chi connectivity index (χ3n) is 7.75. The van der Waals surface area contributed by atoms with E-state index in [1.54, 1.807) is 14.2 Å². The summed E-state index contributed by atoms with van der Waals surface area (Å²) >= 11 is 0. The molecule has 0 radical (unpaired) electrons. The standard InChI is InChI=1S/C18H28O3.C18H30O3/c1-3-4-5-6-7-8-9-17-14-20-18(21-17)15-10-12-16(19-2)13-11-15;1-3-4-5-6-7-8-9-18(14-19)21-15-16-10-12-17(20-2)13-11-16/h10-13,17-18H,3-9,14H2,1-2H3;10-13,18-19H,3-9,14-15H2,1-2H3.